The van der Waals surface area contributed by atoms with Crippen LogP contribution in [0.25, 0.3) is 11.1 Å². The molecule has 0 aromatic heterocycles. The number of ether oxygens (including phenoxy) is 2. The Bertz CT molecular complexity index is 1060. The number of carboxylic acid groups (broad SMARTS) is 1. The number of fused-ring (bicyclic) bond motifs is 3. The first kappa shape index (κ1) is 22.4. The lowest BCUT2D eigenvalue weighted by atomic mass is 9.98. The third kappa shape index (κ3) is 4.37. The molecule has 2 fully saturated rings. The van der Waals surface area contributed by atoms with Crippen molar-refractivity contribution in [3.8, 4) is 11.1 Å². The third-order valence-corrected chi connectivity index (χ3v) is 7.04. The Hall–Kier alpha value is -3.39. The zero-order chi connectivity index (χ0) is 23.7. The van der Waals surface area contributed by atoms with E-state index in [9.17, 15) is 14.4 Å². The molecular formula is C26H28N2O6. The van der Waals surface area contributed by atoms with Gasteiger partial charge in [-0.25, -0.2) is 4.79 Å². The van der Waals surface area contributed by atoms with Crippen LogP contribution in [0.3, 0.4) is 0 Å². The lowest BCUT2D eigenvalue weighted by Crippen LogP contribution is -2.49. The third-order valence-electron chi connectivity index (χ3n) is 7.04. The Morgan fingerprint density at radius 2 is 1.71 bits per heavy atom. The Labute approximate surface area is 197 Å². The predicted molar refractivity (Wildman–Crippen MR) is 123 cm³/mol. The van der Waals surface area contributed by atoms with Gasteiger partial charge in [0.1, 0.15) is 6.61 Å². The van der Waals surface area contributed by atoms with Gasteiger partial charge in [-0.2, -0.15) is 0 Å². The highest BCUT2D eigenvalue weighted by Crippen LogP contribution is 2.44. The van der Waals surface area contributed by atoms with Crippen LogP contribution in [0, 0.1) is 5.92 Å². The van der Waals surface area contributed by atoms with Crippen molar-refractivity contribution in [1.82, 2.24) is 10.2 Å². The van der Waals surface area contributed by atoms with E-state index < -0.39 is 24.2 Å². The van der Waals surface area contributed by atoms with Crippen LogP contribution in [0.15, 0.2) is 48.5 Å². The van der Waals surface area contributed by atoms with Gasteiger partial charge in [-0.3, -0.25) is 9.59 Å². The molecule has 3 aliphatic rings. The smallest absolute Gasteiger partial charge is 0.407 e. The lowest BCUT2D eigenvalue weighted by Gasteiger charge is -2.24. The van der Waals surface area contributed by atoms with Gasteiger partial charge >= 0.3 is 12.1 Å². The van der Waals surface area contributed by atoms with E-state index in [1.165, 1.54) is 0 Å². The van der Waals surface area contributed by atoms with Crippen LogP contribution >= 0.6 is 0 Å². The van der Waals surface area contributed by atoms with Gasteiger partial charge in [0.2, 0.25) is 0 Å². The van der Waals surface area contributed by atoms with Gasteiger partial charge in [-0.15, -0.1) is 0 Å². The Kier molecular flexibility index (Phi) is 6.24. The molecule has 2 amide bonds. The molecule has 2 aromatic carbocycles. The highest BCUT2D eigenvalue weighted by molar-refractivity contribution is 5.83. The van der Waals surface area contributed by atoms with Gasteiger partial charge < -0.3 is 24.8 Å². The molecule has 2 aliphatic heterocycles. The summed E-state index contributed by atoms with van der Waals surface area (Å²) in [4.78, 5) is 38.3. The second-order valence-electron chi connectivity index (χ2n) is 9.19. The van der Waals surface area contributed by atoms with Crippen LogP contribution in [-0.2, 0) is 19.1 Å². The average molecular weight is 465 g/mol. The fourth-order valence-corrected chi connectivity index (χ4v) is 5.40. The number of amides is 2. The molecular weight excluding hydrogens is 436 g/mol. The van der Waals surface area contributed by atoms with Crippen molar-refractivity contribution in [1.29, 1.82) is 0 Å². The van der Waals surface area contributed by atoms with Crippen molar-refractivity contribution in [3.63, 3.8) is 0 Å². The number of rotatable bonds is 6. The largest absolute Gasteiger partial charge is 0.481 e. The highest BCUT2D eigenvalue weighted by Gasteiger charge is 2.40. The minimum atomic E-state index is -0.855. The Morgan fingerprint density at radius 3 is 2.38 bits per heavy atom. The minimum Gasteiger partial charge on any atom is -0.481 e. The number of nitrogens with zero attached hydrogens (tertiary/aromatic N) is 1. The molecule has 178 valence electrons. The number of carboxylic acids is 1. The normalized spacial score (nSPS) is 23.4. The number of likely N-dealkylation sites (tertiary alicyclic amines) is 1. The Morgan fingerprint density at radius 1 is 1.03 bits per heavy atom. The first-order valence-electron chi connectivity index (χ1n) is 11.7. The van der Waals surface area contributed by atoms with Crippen molar-refractivity contribution in [2.24, 2.45) is 5.92 Å². The molecule has 0 saturated carbocycles. The van der Waals surface area contributed by atoms with Gasteiger partial charge in [0.25, 0.3) is 5.91 Å². The summed E-state index contributed by atoms with van der Waals surface area (Å²) in [5.41, 5.74) is 4.60. The maximum Gasteiger partial charge on any atom is 0.407 e. The number of nitrogens with one attached hydrogen (secondary N) is 1. The average Bonchev–Trinajstić information content (AvgIpc) is 3.55. The van der Waals surface area contributed by atoms with Crippen LogP contribution < -0.4 is 5.32 Å². The summed E-state index contributed by atoms with van der Waals surface area (Å²) in [6.45, 7) is 1.49. The second-order valence-corrected chi connectivity index (χ2v) is 9.19. The minimum absolute atomic E-state index is 0.0359. The fourth-order valence-electron chi connectivity index (χ4n) is 5.40. The fraction of sp³-hybridized carbons (Fsp3) is 0.423. The topological polar surface area (TPSA) is 105 Å². The quantitative estimate of drug-likeness (QED) is 0.681. The van der Waals surface area contributed by atoms with Crippen LogP contribution in [0.2, 0.25) is 0 Å². The molecule has 0 radical (unpaired) electrons. The molecule has 3 atom stereocenters. The predicted octanol–water partition coefficient (Wildman–Crippen LogP) is 3.01. The molecule has 8 heteroatoms. The number of carbonyl (C=O) groups is 3. The molecule has 2 heterocycles. The van der Waals surface area contributed by atoms with Crippen molar-refractivity contribution in [2.75, 3.05) is 26.3 Å². The zero-order valence-electron chi connectivity index (χ0n) is 18.8. The van der Waals surface area contributed by atoms with Crippen LogP contribution in [0.5, 0.6) is 0 Å². The summed E-state index contributed by atoms with van der Waals surface area (Å²) in [7, 11) is 0. The molecule has 34 heavy (non-hydrogen) atoms. The highest BCUT2D eigenvalue weighted by atomic mass is 16.6. The molecule has 2 saturated heterocycles. The molecule has 0 bridgehead atoms. The second kappa shape index (κ2) is 9.46. The van der Waals surface area contributed by atoms with E-state index in [4.69, 9.17) is 14.6 Å². The summed E-state index contributed by atoms with van der Waals surface area (Å²) >= 11 is 0. The number of alkyl carbamates (subject to hydrolysis) is 1. The summed E-state index contributed by atoms with van der Waals surface area (Å²) in [5, 5.41) is 11.8. The van der Waals surface area contributed by atoms with Gasteiger partial charge in [0, 0.05) is 32.0 Å². The number of hydrogen-bond acceptors (Lipinski definition) is 5. The van der Waals surface area contributed by atoms with Crippen LogP contribution in [-0.4, -0.2) is 66.4 Å². The van der Waals surface area contributed by atoms with E-state index >= 15 is 0 Å². The first-order chi connectivity index (χ1) is 16.5. The summed E-state index contributed by atoms with van der Waals surface area (Å²) in [5.74, 6) is -1.14. The summed E-state index contributed by atoms with van der Waals surface area (Å²) in [6.07, 6.45) is -0.108. The van der Waals surface area contributed by atoms with Gasteiger partial charge in [0.05, 0.1) is 6.04 Å². The number of aliphatic carboxylic acids is 1. The van der Waals surface area contributed by atoms with E-state index in [0.29, 0.717) is 32.5 Å². The van der Waals surface area contributed by atoms with Gasteiger partial charge in [-0.1, -0.05) is 48.5 Å². The summed E-state index contributed by atoms with van der Waals surface area (Å²) < 4.78 is 11.3. The van der Waals surface area contributed by atoms with E-state index in [1.54, 1.807) is 4.90 Å². The van der Waals surface area contributed by atoms with Crippen molar-refractivity contribution < 1.29 is 29.0 Å². The summed E-state index contributed by atoms with van der Waals surface area (Å²) in [6, 6.07) is 15.8. The van der Waals surface area contributed by atoms with E-state index in [1.807, 2.05) is 24.3 Å². The lowest BCUT2D eigenvalue weighted by molar-refractivity contribution is -0.142. The number of benzene rings is 2. The maximum absolute atomic E-state index is 13.0. The maximum atomic E-state index is 13.0. The molecule has 5 rings (SSSR count). The monoisotopic (exact) mass is 464 g/mol. The standard InChI is InChI=1S/C26H28N2O6/c29-23(30)13-16-9-11-28(14-16)25(31)24-22(10-12-33-24)27-26(32)34-15-21-19-7-3-1-5-17(19)18-6-2-4-8-20(18)21/h1-8,16,21-22,24H,9-15H2,(H,27,32)(H,29,30)/t16?,22-,24+/m1/s1. The number of carbonyl (C=O) groups excluding carboxylic acids is 2. The van der Waals surface area contributed by atoms with Crippen molar-refractivity contribution in [2.45, 2.75) is 37.3 Å². The van der Waals surface area contributed by atoms with E-state index in [2.05, 4.69) is 29.6 Å². The SMILES string of the molecule is O=C(O)CC1CCN(C(=O)[C@H]2OCC[C@H]2NC(=O)OCC2c3ccccc3-c3ccccc32)C1. The van der Waals surface area contributed by atoms with Gasteiger partial charge in [0.15, 0.2) is 6.10 Å². The van der Waals surface area contributed by atoms with Gasteiger partial charge in [-0.05, 0) is 41.0 Å². The van der Waals surface area contributed by atoms with Crippen LogP contribution in [0.1, 0.15) is 36.3 Å². The van der Waals surface area contributed by atoms with Crippen molar-refractivity contribution in [3.05, 3.63) is 59.7 Å². The van der Waals surface area contributed by atoms with Crippen molar-refractivity contribution >= 4 is 18.0 Å². The Balaban J connectivity index is 1.18. The van der Waals surface area contributed by atoms with Crippen LogP contribution in [0.4, 0.5) is 4.79 Å². The van der Waals surface area contributed by atoms with E-state index in [0.717, 1.165) is 22.3 Å². The number of hydrogen-bond donors (Lipinski definition) is 2. The zero-order valence-corrected chi connectivity index (χ0v) is 18.8. The van der Waals surface area contributed by atoms with E-state index in [-0.39, 0.29) is 30.8 Å². The molecule has 1 aliphatic carbocycles. The first-order valence-corrected chi connectivity index (χ1v) is 11.7. The molecule has 8 nitrogen and oxygen atoms in total. The molecule has 2 N–H and O–H groups in total. The molecule has 1 unspecified atom stereocenters. The molecule has 2 aromatic rings. The molecule has 0 spiro atoms.